The van der Waals surface area contributed by atoms with Crippen molar-refractivity contribution in [2.24, 2.45) is 0 Å². The van der Waals surface area contributed by atoms with Gasteiger partial charge in [-0.25, -0.2) is 8.78 Å². The third-order valence-electron chi connectivity index (χ3n) is 3.00. The van der Waals surface area contributed by atoms with Crippen LogP contribution in [-0.2, 0) is 6.42 Å². The van der Waals surface area contributed by atoms with Crippen molar-refractivity contribution in [3.05, 3.63) is 69.7 Å². The Bertz CT molecular complexity index is 555. The molecule has 0 saturated heterocycles. The summed E-state index contributed by atoms with van der Waals surface area (Å²) in [6, 6.07) is 11.2. The predicted molar refractivity (Wildman–Crippen MR) is 77.7 cm³/mol. The van der Waals surface area contributed by atoms with Crippen LogP contribution in [0.5, 0.6) is 0 Å². The monoisotopic (exact) mass is 344 g/mol. The highest BCUT2D eigenvalue weighted by Gasteiger charge is 2.14. The highest BCUT2D eigenvalue weighted by molar-refractivity contribution is 9.10. The highest BCUT2D eigenvalue weighted by atomic mass is 79.9. The lowest BCUT2D eigenvalue weighted by Gasteiger charge is -2.15. The molecule has 4 heteroatoms. The third kappa shape index (κ3) is 3.77. The SMILES string of the molecule is Fc1ccc(F)c(CC(CCl)c2ccc(Br)cc2)c1. The fourth-order valence-electron chi connectivity index (χ4n) is 1.96. The quantitative estimate of drug-likeness (QED) is 0.660. The molecule has 100 valence electrons. The van der Waals surface area contributed by atoms with E-state index in [1.807, 2.05) is 24.3 Å². The molecule has 0 spiro atoms. The van der Waals surface area contributed by atoms with Crippen LogP contribution in [0.25, 0.3) is 0 Å². The van der Waals surface area contributed by atoms with Crippen LogP contribution in [0.4, 0.5) is 8.78 Å². The molecule has 0 aliphatic rings. The Morgan fingerprint density at radius 3 is 2.37 bits per heavy atom. The Kier molecular flexibility index (Phi) is 4.94. The van der Waals surface area contributed by atoms with Gasteiger partial charge < -0.3 is 0 Å². The van der Waals surface area contributed by atoms with E-state index in [0.29, 0.717) is 17.9 Å². The molecule has 0 radical (unpaired) electrons. The van der Waals surface area contributed by atoms with Crippen molar-refractivity contribution in [1.82, 2.24) is 0 Å². The average Bonchev–Trinajstić information content (AvgIpc) is 2.41. The van der Waals surface area contributed by atoms with Gasteiger partial charge in [0.05, 0.1) is 0 Å². The lowest BCUT2D eigenvalue weighted by molar-refractivity contribution is 0.576. The summed E-state index contributed by atoms with van der Waals surface area (Å²) in [5.74, 6) is -0.502. The molecule has 0 aliphatic carbocycles. The minimum absolute atomic E-state index is 0.0360. The first-order chi connectivity index (χ1) is 9.10. The third-order valence-corrected chi connectivity index (χ3v) is 3.90. The molecule has 0 aromatic heterocycles. The fourth-order valence-corrected chi connectivity index (χ4v) is 2.51. The Labute approximate surface area is 124 Å². The van der Waals surface area contributed by atoms with Crippen LogP contribution >= 0.6 is 27.5 Å². The van der Waals surface area contributed by atoms with E-state index in [9.17, 15) is 8.78 Å². The topological polar surface area (TPSA) is 0 Å². The van der Waals surface area contributed by atoms with E-state index >= 15 is 0 Å². The summed E-state index contributed by atoms with van der Waals surface area (Å²) in [5.41, 5.74) is 1.37. The molecule has 19 heavy (non-hydrogen) atoms. The second-order valence-corrected chi connectivity index (χ2v) is 5.57. The van der Waals surface area contributed by atoms with Crippen molar-refractivity contribution in [1.29, 1.82) is 0 Å². The van der Waals surface area contributed by atoms with E-state index in [-0.39, 0.29) is 5.92 Å². The van der Waals surface area contributed by atoms with Crippen LogP contribution in [0, 0.1) is 11.6 Å². The van der Waals surface area contributed by atoms with Gasteiger partial charge in [-0.15, -0.1) is 11.6 Å². The summed E-state index contributed by atoms with van der Waals surface area (Å²) in [7, 11) is 0. The molecule has 2 aromatic rings. The molecule has 0 heterocycles. The molecule has 2 aromatic carbocycles. The first kappa shape index (κ1) is 14.5. The summed E-state index contributed by atoms with van der Waals surface area (Å²) < 4.78 is 27.8. The number of hydrogen-bond acceptors (Lipinski definition) is 0. The van der Waals surface area contributed by atoms with Gasteiger partial charge in [0.25, 0.3) is 0 Å². The lowest BCUT2D eigenvalue weighted by Crippen LogP contribution is -2.06. The van der Waals surface area contributed by atoms with E-state index in [0.717, 1.165) is 22.2 Å². The van der Waals surface area contributed by atoms with Crippen LogP contribution in [0.15, 0.2) is 46.9 Å². The maximum Gasteiger partial charge on any atom is 0.126 e. The Hall–Kier alpha value is -0.930. The summed E-state index contributed by atoms with van der Waals surface area (Å²) in [6.07, 6.45) is 0.384. The van der Waals surface area contributed by atoms with Gasteiger partial charge >= 0.3 is 0 Å². The zero-order valence-corrected chi connectivity index (χ0v) is 12.4. The van der Waals surface area contributed by atoms with Crippen LogP contribution < -0.4 is 0 Å². The van der Waals surface area contributed by atoms with Crippen molar-refractivity contribution < 1.29 is 8.78 Å². The zero-order valence-electron chi connectivity index (χ0n) is 10.0. The maximum absolute atomic E-state index is 13.6. The molecule has 0 N–H and O–H groups in total. The standard InChI is InChI=1S/C15H12BrClF2/c16-13-3-1-10(2-4-13)12(9-17)7-11-8-14(18)5-6-15(11)19/h1-6,8,12H,7,9H2. The largest absolute Gasteiger partial charge is 0.207 e. The first-order valence-electron chi connectivity index (χ1n) is 5.85. The molecule has 1 atom stereocenters. The van der Waals surface area contributed by atoms with E-state index in [1.165, 1.54) is 6.07 Å². The molecule has 2 rings (SSSR count). The van der Waals surface area contributed by atoms with Crippen molar-refractivity contribution >= 4 is 27.5 Å². The van der Waals surface area contributed by atoms with Crippen LogP contribution in [-0.4, -0.2) is 5.88 Å². The van der Waals surface area contributed by atoms with Gasteiger partial charge in [0.2, 0.25) is 0 Å². The molecular weight excluding hydrogens is 334 g/mol. The molecular formula is C15H12BrClF2. The average molecular weight is 346 g/mol. The maximum atomic E-state index is 13.6. The van der Waals surface area contributed by atoms with E-state index in [4.69, 9.17) is 11.6 Å². The number of hydrogen-bond donors (Lipinski definition) is 0. The summed E-state index contributed by atoms with van der Waals surface area (Å²) in [5, 5.41) is 0. The normalized spacial score (nSPS) is 12.4. The van der Waals surface area contributed by atoms with Crippen molar-refractivity contribution in [3.8, 4) is 0 Å². The second-order valence-electron chi connectivity index (χ2n) is 4.34. The predicted octanol–water partition coefficient (Wildman–Crippen LogP) is 5.29. The molecule has 0 aliphatic heterocycles. The van der Waals surface area contributed by atoms with Crippen molar-refractivity contribution in [2.75, 3.05) is 5.88 Å². The number of alkyl halides is 1. The minimum Gasteiger partial charge on any atom is -0.207 e. The molecule has 1 unspecified atom stereocenters. The fraction of sp³-hybridized carbons (Fsp3) is 0.200. The van der Waals surface area contributed by atoms with E-state index in [2.05, 4.69) is 15.9 Å². The summed E-state index contributed by atoms with van der Waals surface area (Å²) >= 11 is 9.32. The van der Waals surface area contributed by atoms with Gasteiger partial charge in [-0.3, -0.25) is 0 Å². The highest BCUT2D eigenvalue weighted by Crippen LogP contribution is 2.25. The van der Waals surface area contributed by atoms with E-state index < -0.39 is 11.6 Å². The van der Waals surface area contributed by atoms with Crippen molar-refractivity contribution in [3.63, 3.8) is 0 Å². The minimum atomic E-state index is -0.430. The Balaban J connectivity index is 2.23. The number of halogens is 4. The zero-order chi connectivity index (χ0) is 13.8. The molecule has 0 fully saturated rings. The van der Waals surface area contributed by atoms with Crippen LogP contribution in [0.2, 0.25) is 0 Å². The second kappa shape index (κ2) is 6.49. The number of rotatable bonds is 4. The van der Waals surface area contributed by atoms with Gasteiger partial charge in [0, 0.05) is 16.3 Å². The van der Waals surface area contributed by atoms with Gasteiger partial charge in [-0.05, 0) is 47.9 Å². The van der Waals surface area contributed by atoms with Crippen molar-refractivity contribution in [2.45, 2.75) is 12.3 Å². The molecule has 0 saturated carbocycles. The summed E-state index contributed by atoms with van der Waals surface area (Å²) in [6.45, 7) is 0. The number of benzene rings is 2. The first-order valence-corrected chi connectivity index (χ1v) is 7.18. The molecule has 0 nitrogen and oxygen atoms in total. The van der Waals surface area contributed by atoms with Crippen LogP contribution in [0.1, 0.15) is 17.0 Å². The van der Waals surface area contributed by atoms with Gasteiger partial charge in [-0.2, -0.15) is 0 Å². The smallest absolute Gasteiger partial charge is 0.126 e. The lowest BCUT2D eigenvalue weighted by atomic mass is 9.93. The van der Waals surface area contributed by atoms with Gasteiger partial charge in [0.1, 0.15) is 11.6 Å². The van der Waals surface area contributed by atoms with Gasteiger partial charge in [0.15, 0.2) is 0 Å². The Morgan fingerprint density at radius 1 is 1.05 bits per heavy atom. The molecule has 0 bridgehead atoms. The van der Waals surface area contributed by atoms with Crippen LogP contribution in [0.3, 0.4) is 0 Å². The summed E-state index contributed by atoms with van der Waals surface area (Å²) in [4.78, 5) is 0. The van der Waals surface area contributed by atoms with E-state index in [1.54, 1.807) is 0 Å². The Morgan fingerprint density at radius 2 is 1.74 bits per heavy atom. The molecule has 0 amide bonds. The van der Waals surface area contributed by atoms with Gasteiger partial charge in [-0.1, -0.05) is 28.1 Å².